The largest absolute Gasteiger partial charge is 0.493 e. The second-order valence-corrected chi connectivity index (χ2v) is 11.6. The standard InChI is InChI=1S/C27H36N8O2S/c1-17(2)22-23(20-13-21(36-4)25-28-16-29-35(25)15-20)31-32-24(22)26-30-18(3)27(38-26)34-9-7-33(8-10-34)14-19-5-11-37-12-6-19/h13,15-17,19H,5-12,14H2,1-4H3,(H,31,32). The molecule has 0 amide bonds. The van der Waals surface area contributed by atoms with E-state index in [1.165, 1.54) is 30.7 Å². The number of piperazine rings is 1. The number of aromatic amines is 1. The van der Waals surface area contributed by atoms with E-state index >= 15 is 0 Å². The van der Waals surface area contributed by atoms with Gasteiger partial charge in [0.2, 0.25) is 0 Å². The molecule has 202 valence electrons. The van der Waals surface area contributed by atoms with Gasteiger partial charge in [-0.05, 0) is 37.7 Å². The fraction of sp³-hybridized carbons (Fsp3) is 0.556. The molecule has 2 fully saturated rings. The molecule has 38 heavy (non-hydrogen) atoms. The van der Waals surface area contributed by atoms with Crippen LogP contribution in [0.25, 0.3) is 27.6 Å². The van der Waals surface area contributed by atoms with Crippen molar-refractivity contribution < 1.29 is 9.47 Å². The van der Waals surface area contributed by atoms with Gasteiger partial charge in [-0.2, -0.15) is 10.2 Å². The second-order valence-electron chi connectivity index (χ2n) is 10.6. The summed E-state index contributed by atoms with van der Waals surface area (Å²) in [6.07, 6.45) is 5.88. The predicted octanol–water partition coefficient (Wildman–Crippen LogP) is 4.23. The molecular weight excluding hydrogens is 500 g/mol. The van der Waals surface area contributed by atoms with E-state index in [0.29, 0.717) is 11.4 Å². The Morgan fingerprint density at radius 2 is 1.97 bits per heavy atom. The maximum atomic E-state index is 5.59. The van der Waals surface area contributed by atoms with Gasteiger partial charge in [0, 0.05) is 63.3 Å². The minimum absolute atomic E-state index is 0.248. The van der Waals surface area contributed by atoms with Gasteiger partial charge in [0.25, 0.3) is 0 Å². The molecular formula is C27H36N8O2S. The number of methoxy groups -OCH3 is 1. The molecule has 2 saturated heterocycles. The quantitative estimate of drug-likeness (QED) is 0.375. The highest BCUT2D eigenvalue weighted by Gasteiger charge is 2.27. The molecule has 10 nitrogen and oxygen atoms in total. The molecule has 2 aliphatic heterocycles. The molecule has 0 unspecified atom stereocenters. The van der Waals surface area contributed by atoms with Gasteiger partial charge in [0.1, 0.15) is 16.3 Å². The van der Waals surface area contributed by atoms with Gasteiger partial charge >= 0.3 is 0 Å². The molecule has 0 atom stereocenters. The van der Waals surface area contributed by atoms with Gasteiger partial charge in [0.05, 0.1) is 24.2 Å². The van der Waals surface area contributed by atoms with E-state index in [0.717, 1.165) is 78.5 Å². The van der Waals surface area contributed by atoms with Crippen LogP contribution >= 0.6 is 11.3 Å². The smallest absolute Gasteiger partial charge is 0.197 e. The number of hydrogen-bond acceptors (Lipinski definition) is 9. The van der Waals surface area contributed by atoms with E-state index in [2.05, 4.69) is 45.8 Å². The van der Waals surface area contributed by atoms with Crippen LogP contribution in [0, 0.1) is 12.8 Å². The van der Waals surface area contributed by atoms with E-state index in [4.69, 9.17) is 19.6 Å². The lowest BCUT2D eigenvalue weighted by molar-refractivity contribution is 0.0517. The van der Waals surface area contributed by atoms with Crippen molar-refractivity contribution in [3.8, 4) is 27.7 Å². The molecule has 0 radical (unpaired) electrons. The minimum Gasteiger partial charge on any atom is -0.493 e. The fourth-order valence-electron chi connectivity index (χ4n) is 5.69. The van der Waals surface area contributed by atoms with Crippen molar-refractivity contribution >= 4 is 22.0 Å². The Bertz CT molecular complexity index is 1400. The zero-order chi connectivity index (χ0) is 26.2. The van der Waals surface area contributed by atoms with E-state index < -0.39 is 0 Å². The molecule has 6 heterocycles. The molecule has 1 N–H and O–H groups in total. The lowest BCUT2D eigenvalue weighted by Gasteiger charge is -2.37. The van der Waals surface area contributed by atoms with Crippen LogP contribution in [0.1, 0.15) is 43.9 Å². The van der Waals surface area contributed by atoms with Crippen molar-refractivity contribution in [2.24, 2.45) is 5.92 Å². The average molecular weight is 537 g/mol. The SMILES string of the molecule is COc1cc(-c2n[nH]c(-c3nc(C)c(N4CCN(CC5CCOCC5)CC4)s3)c2C(C)C)cn2ncnc12. The summed E-state index contributed by atoms with van der Waals surface area (Å²) in [5.74, 6) is 1.70. The Morgan fingerprint density at radius 3 is 2.71 bits per heavy atom. The first kappa shape index (κ1) is 25.3. The third-order valence-electron chi connectivity index (χ3n) is 7.72. The Labute approximate surface area is 227 Å². The van der Waals surface area contributed by atoms with Gasteiger partial charge in [0.15, 0.2) is 11.4 Å². The summed E-state index contributed by atoms with van der Waals surface area (Å²) in [5.41, 5.74) is 5.73. The van der Waals surface area contributed by atoms with Crippen molar-refractivity contribution in [2.45, 2.75) is 39.5 Å². The number of hydrogen-bond donors (Lipinski definition) is 1. The van der Waals surface area contributed by atoms with Crippen LogP contribution in [0.5, 0.6) is 5.75 Å². The number of thiazole rings is 1. The molecule has 0 saturated carbocycles. The second kappa shape index (κ2) is 10.6. The highest BCUT2D eigenvalue weighted by atomic mass is 32.1. The minimum atomic E-state index is 0.248. The number of aromatic nitrogens is 6. The van der Waals surface area contributed by atoms with Crippen molar-refractivity contribution in [1.82, 2.24) is 34.7 Å². The third kappa shape index (κ3) is 4.78. The van der Waals surface area contributed by atoms with E-state index in [9.17, 15) is 0 Å². The van der Waals surface area contributed by atoms with Crippen LogP contribution < -0.4 is 9.64 Å². The number of anilines is 1. The number of H-pyrrole nitrogens is 1. The number of ether oxygens (including phenoxy) is 2. The molecule has 4 aromatic heterocycles. The van der Waals surface area contributed by atoms with Crippen LogP contribution in [0.2, 0.25) is 0 Å². The van der Waals surface area contributed by atoms with E-state index in [-0.39, 0.29) is 5.92 Å². The maximum absolute atomic E-state index is 5.59. The normalized spacial score (nSPS) is 17.7. The monoisotopic (exact) mass is 536 g/mol. The van der Waals surface area contributed by atoms with Gasteiger partial charge in [-0.3, -0.25) is 10.00 Å². The highest BCUT2D eigenvalue weighted by Crippen LogP contribution is 2.41. The summed E-state index contributed by atoms with van der Waals surface area (Å²) in [4.78, 5) is 14.5. The number of rotatable bonds is 7. The highest BCUT2D eigenvalue weighted by molar-refractivity contribution is 7.19. The Hall–Kier alpha value is -3.02. The number of nitrogens with one attached hydrogen (secondary N) is 1. The van der Waals surface area contributed by atoms with Gasteiger partial charge in [-0.25, -0.2) is 14.5 Å². The third-order valence-corrected chi connectivity index (χ3v) is 8.95. The summed E-state index contributed by atoms with van der Waals surface area (Å²) in [5, 5.41) is 14.7. The fourth-order valence-corrected chi connectivity index (χ4v) is 6.82. The van der Waals surface area contributed by atoms with Crippen LogP contribution in [0.3, 0.4) is 0 Å². The summed E-state index contributed by atoms with van der Waals surface area (Å²) < 4.78 is 12.9. The Morgan fingerprint density at radius 1 is 1.18 bits per heavy atom. The van der Waals surface area contributed by atoms with Crippen molar-refractivity contribution in [3.63, 3.8) is 0 Å². The summed E-state index contributed by atoms with van der Waals surface area (Å²) in [6.45, 7) is 13.8. The lowest BCUT2D eigenvalue weighted by Crippen LogP contribution is -2.48. The molecule has 0 aliphatic carbocycles. The van der Waals surface area contributed by atoms with Crippen molar-refractivity contribution in [2.75, 3.05) is 57.9 Å². The maximum Gasteiger partial charge on any atom is 0.197 e. The first-order chi connectivity index (χ1) is 18.5. The van der Waals surface area contributed by atoms with E-state index in [1.807, 2.05) is 12.3 Å². The first-order valence-corrected chi connectivity index (χ1v) is 14.3. The molecule has 0 bridgehead atoms. The van der Waals surface area contributed by atoms with Crippen molar-refractivity contribution in [1.29, 1.82) is 0 Å². The molecule has 11 heteroatoms. The molecule has 2 aliphatic rings. The van der Waals surface area contributed by atoms with Gasteiger partial charge in [-0.1, -0.05) is 25.2 Å². The topological polar surface area (TPSA) is 96.7 Å². The van der Waals surface area contributed by atoms with E-state index in [1.54, 1.807) is 23.0 Å². The number of aryl methyl sites for hydroxylation is 1. The van der Waals surface area contributed by atoms with Gasteiger partial charge in [-0.15, -0.1) is 0 Å². The summed E-state index contributed by atoms with van der Waals surface area (Å²) in [6, 6.07) is 1.98. The number of nitrogens with zero attached hydrogens (tertiary/aromatic N) is 7. The Kier molecular flexibility index (Phi) is 7.07. The molecule has 0 spiro atoms. The lowest BCUT2D eigenvalue weighted by atomic mass is 9.97. The summed E-state index contributed by atoms with van der Waals surface area (Å²) in [7, 11) is 1.65. The number of fused-ring (bicyclic) bond motifs is 1. The first-order valence-electron chi connectivity index (χ1n) is 13.5. The Balaban J connectivity index is 1.24. The molecule has 4 aromatic rings. The van der Waals surface area contributed by atoms with Crippen LogP contribution in [0.4, 0.5) is 5.00 Å². The zero-order valence-corrected chi connectivity index (χ0v) is 23.4. The average Bonchev–Trinajstić information content (AvgIpc) is 3.67. The van der Waals surface area contributed by atoms with Crippen molar-refractivity contribution in [3.05, 3.63) is 29.8 Å². The zero-order valence-electron chi connectivity index (χ0n) is 22.6. The summed E-state index contributed by atoms with van der Waals surface area (Å²) >= 11 is 1.76. The number of pyridine rings is 1. The molecule has 6 rings (SSSR count). The van der Waals surface area contributed by atoms with Crippen LogP contribution in [-0.2, 0) is 4.74 Å². The van der Waals surface area contributed by atoms with Gasteiger partial charge < -0.3 is 14.4 Å². The van der Waals surface area contributed by atoms with Crippen LogP contribution in [0.15, 0.2) is 18.6 Å². The predicted molar refractivity (Wildman–Crippen MR) is 149 cm³/mol. The van der Waals surface area contributed by atoms with Crippen LogP contribution in [-0.4, -0.2) is 87.7 Å². The molecule has 0 aromatic carbocycles.